The van der Waals surface area contributed by atoms with Crippen LogP contribution in [-0.4, -0.2) is 34.9 Å². The molecule has 2 heterocycles. The second-order valence-electron chi connectivity index (χ2n) is 6.10. The predicted octanol–water partition coefficient (Wildman–Crippen LogP) is 4.52. The van der Waals surface area contributed by atoms with E-state index in [0.29, 0.717) is 34.1 Å². The topological polar surface area (TPSA) is 78.3 Å². The molecule has 30 heavy (non-hydrogen) atoms. The summed E-state index contributed by atoms with van der Waals surface area (Å²) in [5, 5.41) is 7.07. The zero-order chi connectivity index (χ0) is 22.1. The molecule has 0 aliphatic carbocycles. The number of amides is 1. The number of nitrogens with one attached hydrogen (secondary N) is 1. The zero-order valence-electron chi connectivity index (χ0n) is 16.0. The second kappa shape index (κ2) is 8.23. The average molecular weight is 441 g/mol. The minimum atomic E-state index is -4.49. The van der Waals surface area contributed by atoms with Crippen molar-refractivity contribution in [2.45, 2.75) is 13.1 Å². The summed E-state index contributed by atoms with van der Waals surface area (Å²) >= 11 is 6.06. The number of alkyl halides is 3. The predicted molar refractivity (Wildman–Crippen MR) is 104 cm³/mol. The van der Waals surface area contributed by atoms with Crippen molar-refractivity contribution in [3.63, 3.8) is 0 Å². The fraction of sp³-hybridized carbons (Fsp3) is 0.211. The smallest absolute Gasteiger partial charge is 0.417 e. The van der Waals surface area contributed by atoms with Gasteiger partial charge in [0.25, 0.3) is 5.91 Å². The number of aromatic nitrogens is 3. The van der Waals surface area contributed by atoms with E-state index in [9.17, 15) is 18.0 Å². The van der Waals surface area contributed by atoms with Gasteiger partial charge in [0.1, 0.15) is 11.5 Å². The maximum atomic E-state index is 12.8. The quantitative estimate of drug-likeness (QED) is 0.631. The Morgan fingerprint density at radius 1 is 1.13 bits per heavy atom. The van der Waals surface area contributed by atoms with Crippen LogP contribution in [0.15, 0.2) is 36.7 Å². The van der Waals surface area contributed by atoms with Gasteiger partial charge in [-0.15, -0.1) is 0 Å². The summed E-state index contributed by atoms with van der Waals surface area (Å²) in [4.78, 5) is 16.5. The Kier molecular flexibility index (Phi) is 5.88. The first-order valence-corrected chi connectivity index (χ1v) is 8.84. The first kappa shape index (κ1) is 21.4. The van der Waals surface area contributed by atoms with Crippen molar-refractivity contribution in [2.24, 2.45) is 0 Å². The number of carbonyl (C=O) groups excluding carboxylic acids is 1. The van der Waals surface area contributed by atoms with E-state index in [1.54, 1.807) is 6.92 Å². The molecule has 1 N–H and O–H groups in total. The average Bonchev–Trinajstić information content (AvgIpc) is 3.09. The number of benzene rings is 1. The Bertz CT molecular complexity index is 1080. The molecule has 158 valence electrons. The van der Waals surface area contributed by atoms with Crippen LogP contribution in [0, 0.1) is 6.92 Å². The van der Waals surface area contributed by atoms with E-state index in [1.807, 2.05) is 0 Å². The molecule has 0 saturated carbocycles. The van der Waals surface area contributed by atoms with E-state index in [4.69, 9.17) is 21.1 Å². The van der Waals surface area contributed by atoms with Crippen LogP contribution in [0.3, 0.4) is 0 Å². The first-order valence-electron chi connectivity index (χ1n) is 8.46. The molecule has 0 saturated heterocycles. The van der Waals surface area contributed by atoms with Gasteiger partial charge >= 0.3 is 6.18 Å². The van der Waals surface area contributed by atoms with E-state index < -0.39 is 17.6 Å². The van der Waals surface area contributed by atoms with Crippen molar-refractivity contribution in [1.82, 2.24) is 14.8 Å². The SMILES string of the molecule is COc1cc(NC(=O)c2cnn(-c3ccc(C(F)(F)F)cn3)c2C)c(OC)cc1Cl. The van der Waals surface area contributed by atoms with Crippen molar-refractivity contribution < 1.29 is 27.4 Å². The third-order valence-corrected chi connectivity index (χ3v) is 4.56. The lowest BCUT2D eigenvalue weighted by molar-refractivity contribution is -0.137. The zero-order valence-corrected chi connectivity index (χ0v) is 16.8. The molecule has 0 aliphatic rings. The molecule has 3 aromatic rings. The lowest BCUT2D eigenvalue weighted by Gasteiger charge is -2.13. The fourth-order valence-corrected chi connectivity index (χ4v) is 2.92. The van der Waals surface area contributed by atoms with Crippen molar-refractivity contribution >= 4 is 23.2 Å². The van der Waals surface area contributed by atoms with Gasteiger partial charge in [0, 0.05) is 18.3 Å². The molecular formula is C19H16ClF3N4O3. The highest BCUT2D eigenvalue weighted by molar-refractivity contribution is 6.32. The van der Waals surface area contributed by atoms with E-state index >= 15 is 0 Å². The van der Waals surface area contributed by atoms with Crippen LogP contribution in [0.25, 0.3) is 5.82 Å². The summed E-state index contributed by atoms with van der Waals surface area (Å²) in [7, 11) is 2.86. The Morgan fingerprint density at radius 3 is 2.40 bits per heavy atom. The summed E-state index contributed by atoms with van der Waals surface area (Å²) < 4.78 is 49.8. The standard InChI is InChI=1S/C19H16ClF3N4O3/c1-10-12(9-25-27(10)17-5-4-11(8-24-17)19(21,22)23)18(28)26-14-7-15(29-2)13(20)6-16(14)30-3/h4-9H,1-3H3,(H,26,28). The number of pyridine rings is 1. The van der Waals surface area contributed by atoms with Crippen LogP contribution in [-0.2, 0) is 6.18 Å². The van der Waals surface area contributed by atoms with E-state index in [-0.39, 0.29) is 11.4 Å². The largest absolute Gasteiger partial charge is 0.495 e. The molecule has 0 unspecified atom stereocenters. The van der Waals surface area contributed by atoms with E-state index in [0.717, 1.165) is 6.07 Å². The number of hydrogen-bond acceptors (Lipinski definition) is 5. The fourth-order valence-electron chi connectivity index (χ4n) is 2.69. The molecule has 11 heteroatoms. The number of methoxy groups -OCH3 is 2. The molecule has 0 fully saturated rings. The summed E-state index contributed by atoms with van der Waals surface area (Å²) in [5.74, 6) is 0.302. The number of rotatable bonds is 5. The monoisotopic (exact) mass is 440 g/mol. The molecule has 0 atom stereocenters. The molecule has 1 aromatic carbocycles. The molecule has 2 aromatic heterocycles. The maximum Gasteiger partial charge on any atom is 0.417 e. The van der Waals surface area contributed by atoms with Gasteiger partial charge in [0.15, 0.2) is 5.82 Å². The Morgan fingerprint density at radius 2 is 1.83 bits per heavy atom. The van der Waals surface area contributed by atoms with Gasteiger partial charge in [-0.1, -0.05) is 11.6 Å². The summed E-state index contributed by atoms with van der Waals surface area (Å²) in [6, 6.07) is 5.08. The number of hydrogen-bond donors (Lipinski definition) is 1. The minimum Gasteiger partial charge on any atom is -0.495 e. The van der Waals surface area contributed by atoms with Crippen LogP contribution in [0.2, 0.25) is 5.02 Å². The van der Waals surface area contributed by atoms with Gasteiger partial charge in [-0.25, -0.2) is 9.67 Å². The molecular weight excluding hydrogens is 425 g/mol. The third-order valence-electron chi connectivity index (χ3n) is 4.27. The molecule has 1 amide bonds. The normalized spacial score (nSPS) is 11.3. The van der Waals surface area contributed by atoms with Crippen LogP contribution < -0.4 is 14.8 Å². The van der Waals surface area contributed by atoms with Gasteiger partial charge in [0.05, 0.1) is 47.9 Å². The minimum absolute atomic E-state index is 0.144. The number of nitrogens with zero attached hydrogens (tertiary/aromatic N) is 3. The molecule has 3 rings (SSSR count). The van der Waals surface area contributed by atoms with Crippen molar-refractivity contribution in [3.05, 3.63) is 58.5 Å². The van der Waals surface area contributed by atoms with Crippen molar-refractivity contribution in [1.29, 1.82) is 0 Å². The number of anilines is 1. The van der Waals surface area contributed by atoms with E-state index in [2.05, 4.69) is 15.4 Å². The molecule has 0 spiro atoms. The highest BCUT2D eigenvalue weighted by Gasteiger charge is 2.31. The van der Waals surface area contributed by atoms with Gasteiger partial charge in [0.2, 0.25) is 0 Å². The first-order chi connectivity index (χ1) is 14.2. The van der Waals surface area contributed by atoms with Gasteiger partial charge in [-0.3, -0.25) is 4.79 Å². The van der Waals surface area contributed by atoms with Crippen molar-refractivity contribution in [3.8, 4) is 17.3 Å². The highest BCUT2D eigenvalue weighted by Crippen LogP contribution is 2.36. The molecule has 7 nitrogen and oxygen atoms in total. The third kappa shape index (κ3) is 4.18. The summed E-state index contributed by atoms with van der Waals surface area (Å²) in [6.07, 6.45) is -2.49. The van der Waals surface area contributed by atoms with Crippen LogP contribution in [0.4, 0.5) is 18.9 Å². The van der Waals surface area contributed by atoms with Crippen LogP contribution in [0.5, 0.6) is 11.5 Å². The molecule has 0 bridgehead atoms. The van der Waals surface area contributed by atoms with Gasteiger partial charge < -0.3 is 14.8 Å². The molecule has 0 radical (unpaired) electrons. The van der Waals surface area contributed by atoms with Gasteiger partial charge in [-0.05, 0) is 19.1 Å². The molecule has 0 aliphatic heterocycles. The number of halogens is 4. The number of carbonyl (C=O) groups is 1. The van der Waals surface area contributed by atoms with Gasteiger partial charge in [-0.2, -0.15) is 18.3 Å². The van der Waals surface area contributed by atoms with E-state index in [1.165, 1.54) is 43.3 Å². The summed E-state index contributed by atoms with van der Waals surface area (Å²) in [5.41, 5.74) is 0.0358. The summed E-state index contributed by atoms with van der Waals surface area (Å²) in [6.45, 7) is 1.60. The lowest BCUT2D eigenvalue weighted by Crippen LogP contribution is -2.14. The lowest BCUT2D eigenvalue weighted by atomic mass is 10.2. The van der Waals surface area contributed by atoms with Crippen LogP contribution >= 0.6 is 11.6 Å². The second-order valence-corrected chi connectivity index (χ2v) is 6.51. The number of ether oxygens (including phenoxy) is 2. The van der Waals surface area contributed by atoms with Crippen LogP contribution in [0.1, 0.15) is 21.6 Å². The Hall–Kier alpha value is -3.27. The maximum absolute atomic E-state index is 12.8. The Balaban J connectivity index is 1.88. The highest BCUT2D eigenvalue weighted by atomic mass is 35.5. The Labute approximate surface area is 174 Å². The van der Waals surface area contributed by atoms with Crippen molar-refractivity contribution in [2.75, 3.05) is 19.5 Å².